The van der Waals surface area contributed by atoms with E-state index in [2.05, 4.69) is 17.6 Å². The predicted octanol–water partition coefficient (Wildman–Crippen LogP) is 2.55. The first-order valence-electron chi connectivity index (χ1n) is 9.37. The van der Waals surface area contributed by atoms with Gasteiger partial charge in [-0.1, -0.05) is 40.0 Å². The molecule has 0 aromatic carbocycles. The van der Waals surface area contributed by atoms with Crippen molar-refractivity contribution in [2.45, 2.75) is 97.9 Å². The quantitative estimate of drug-likeness (QED) is 0.511. The number of nitrogens with one attached hydrogen (secondary N) is 2. The predicted molar refractivity (Wildman–Crippen MR) is 101 cm³/mol. The van der Waals surface area contributed by atoms with E-state index in [1.165, 1.54) is 6.92 Å². The molecule has 0 aromatic rings. The third-order valence-corrected chi connectivity index (χ3v) is 3.91. The largest absolute Gasteiger partial charge is 0.444 e. The van der Waals surface area contributed by atoms with E-state index >= 15 is 0 Å². The molecular weight excluding hydrogens is 336 g/mol. The van der Waals surface area contributed by atoms with Crippen molar-refractivity contribution >= 4 is 17.8 Å². The van der Waals surface area contributed by atoms with E-state index in [1.54, 1.807) is 34.6 Å². The number of ether oxygens (including phenoxy) is 1. The molecule has 3 atom stereocenters. The molecule has 0 bridgehead atoms. The molecule has 2 amide bonds. The Bertz CT molecular complexity index is 471. The standard InChI is InChI=1S/C19H36N2O5/c1-8-9-10-11-14(13(4)22)20-17(24)16(23)15(12(2)3)21-18(25)26-19(5,6)7/h12,14-16,23H,8-11H2,1-7H3,(H,20,24)(H,21,25)/t14-,15-,16+/m0/s1. The molecule has 0 saturated carbocycles. The Kier molecular flexibility index (Phi) is 10.5. The highest BCUT2D eigenvalue weighted by Crippen LogP contribution is 2.12. The topological polar surface area (TPSA) is 105 Å². The molecule has 0 aliphatic carbocycles. The average Bonchev–Trinajstić information content (AvgIpc) is 2.48. The number of ketones is 1. The van der Waals surface area contributed by atoms with Crippen LogP contribution < -0.4 is 10.6 Å². The fourth-order valence-electron chi connectivity index (χ4n) is 2.45. The second-order valence-corrected chi connectivity index (χ2v) is 8.03. The summed E-state index contributed by atoms with van der Waals surface area (Å²) in [6, 6.07) is -1.45. The maximum absolute atomic E-state index is 12.4. The summed E-state index contributed by atoms with van der Waals surface area (Å²) in [5.41, 5.74) is -0.683. The number of rotatable bonds is 10. The lowest BCUT2D eigenvalue weighted by Gasteiger charge is -2.29. The van der Waals surface area contributed by atoms with Crippen molar-refractivity contribution in [3.63, 3.8) is 0 Å². The molecule has 0 aromatic heterocycles. The molecule has 7 nitrogen and oxygen atoms in total. The molecule has 26 heavy (non-hydrogen) atoms. The number of hydrogen-bond donors (Lipinski definition) is 3. The van der Waals surface area contributed by atoms with Gasteiger partial charge in [0.2, 0.25) is 0 Å². The van der Waals surface area contributed by atoms with Gasteiger partial charge >= 0.3 is 6.09 Å². The lowest BCUT2D eigenvalue weighted by Crippen LogP contribution is -2.56. The Balaban J connectivity index is 4.93. The summed E-state index contributed by atoms with van der Waals surface area (Å²) >= 11 is 0. The number of carbonyl (C=O) groups is 3. The monoisotopic (exact) mass is 372 g/mol. The summed E-state index contributed by atoms with van der Waals surface area (Å²) in [6.45, 7) is 12.2. The molecule has 0 radical (unpaired) electrons. The van der Waals surface area contributed by atoms with Crippen LogP contribution in [0.1, 0.15) is 74.1 Å². The molecule has 3 N–H and O–H groups in total. The number of amides is 2. The van der Waals surface area contributed by atoms with Crippen LogP contribution in [0.25, 0.3) is 0 Å². The van der Waals surface area contributed by atoms with Crippen molar-refractivity contribution in [1.82, 2.24) is 10.6 Å². The van der Waals surface area contributed by atoms with E-state index < -0.39 is 35.8 Å². The summed E-state index contributed by atoms with van der Waals surface area (Å²) in [5, 5.41) is 15.6. The van der Waals surface area contributed by atoms with Gasteiger partial charge in [-0.3, -0.25) is 9.59 Å². The molecule has 0 unspecified atom stereocenters. The summed E-state index contributed by atoms with van der Waals surface area (Å²) in [4.78, 5) is 36.1. The number of carbonyl (C=O) groups excluding carboxylic acids is 3. The number of hydrogen-bond acceptors (Lipinski definition) is 5. The summed E-state index contributed by atoms with van der Waals surface area (Å²) in [7, 11) is 0. The minimum atomic E-state index is -1.48. The zero-order chi connectivity index (χ0) is 20.5. The van der Waals surface area contributed by atoms with E-state index in [9.17, 15) is 19.5 Å². The Hall–Kier alpha value is -1.63. The van der Waals surface area contributed by atoms with E-state index in [1.807, 2.05) is 0 Å². The van der Waals surface area contributed by atoms with E-state index in [4.69, 9.17) is 4.74 Å². The van der Waals surface area contributed by atoms with Gasteiger partial charge in [-0.05, 0) is 40.0 Å². The maximum atomic E-state index is 12.4. The van der Waals surface area contributed by atoms with Gasteiger partial charge < -0.3 is 20.5 Å². The van der Waals surface area contributed by atoms with Crippen LogP contribution in [-0.2, 0) is 14.3 Å². The minimum Gasteiger partial charge on any atom is -0.444 e. The summed E-state index contributed by atoms with van der Waals surface area (Å²) in [5.74, 6) is -1.03. The van der Waals surface area contributed by atoms with Crippen molar-refractivity contribution < 1.29 is 24.2 Å². The number of Topliss-reactive ketones (excluding diaryl/α,β-unsaturated/α-hetero) is 1. The Morgan fingerprint density at radius 1 is 1.08 bits per heavy atom. The SMILES string of the molecule is CCCCC[C@H](NC(=O)[C@H](O)[C@@H](NC(=O)OC(C)(C)C)C(C)C)C(C)=O. The number of alkyl carbamates (subject to hydrolysis) is 1. The summed E-state index contributed by atoms with van der Waals surface area (Å²) in [6.07, 6.45) is 1.16. The first-order chi connectivity index (χ1) is 11.9. The highest BCUT2D eigenvalue weighted by molar-refractivity contribution is 5.89. The first-order valence-corrected chi connectivity index (χ1v) is 9.37. The van der Waals surface area contributed by atoms with Crippen molar-refractivity contribution in [2.75, 3.05) is 0 Å². The van der Waals surface area contributed by atoms with E-state index in [-0.39, 0.29) is 11.7 Å². The molecule has 0 fully saturated rings. The van der Waals surface area contributed by atoms with Crippen LogP contribution >= 0.6 is 0 Å². The van der Waals surface area contributed by atoms with Crippen LogP contribution in [-0.4, -0.2) is 46.7 Å². The lowest BCUT2D eigenvalue weighted by molar-refractivity contribution is -0.134. The Labute approximate surface area is 157 Å². The Morgan fingerprint density at radius 2 is 1.65 bits per heavy atom. The maximum Gasteiger partial charge on any atom is 0.407 e. The van der Waals surface area contributed by atoms with Gasteiger partial charge in [-0.25, -0.2) is 4.79 Å². The zero-order valence-electron chi connectivity index (χ0n) is 17.2. The van der Waals surface area contributed by atoms with Gasteiger partial charge in [0.1, 0.15) is 5.60 Å². The van der Waals surface area contributed by atoms with Gasteiger partial charge in [0.05, 0.1) is 12.1 Å². The molecule has 152 valence electrons. The normalized spacial score (nSPS) is 15.1. The molecule has 0 rings (SSSR count). The first kappa shape index (κ1) is 24.4. The fraction of sp³-hybridized carbons (Fsp3) is 0.842. The van der Waals surface area contributed by atoms with Gasteiger partial charge in [-0.2, -0.15) is 0 Å². The average molecular weight is 373 g/mol. The van der Waals surface area contributed by atoms with Crippen molar-refractivity contribution in [3.8, 4) is 0 Å². The van der Waals surface area contributed by atoms with E-state index in [0.29, 0.717) is 6.42 Å². The molecular formula is C19H36N2O5. The number of unbranched alkanes of at least 4 members (excludes halogenated alkanes) is 2. The van der Waals surface area contributed by atoms with Crippen LogP contribution in [0, 0.1) is 5.92 Å². The van der Waals surface area contributed by atoms with Crippen molar-refractivity contribution in [3.05, 3.63) is 0 Å². The zero-order valence-corrected chi connectivity index (χ0v) is 17.2. The highest BCUT2D eigenvalue weighted by atomic mass is 16.6. The van der Waals surface area contributed by atoms with Gasteiger partial charge in [0, 0.05) is 0 Å². The minimum absolute atomic E-state index is 0.150. The third-order valence-electron chi connectivity index (χ3n) is 3.91. The molecule has 0 aliphatic heterocycles. The van der Waals surface area contributed by atoms with E-state index in [0.717, 1.165) is 19.3 Å². The van der Waals surface area contributed by atoms with Gasteiger partial charge in [0.15, 0.2) is 11.9 Å². The fourth-order valence-corrected chi connectivity index (χ4v) is 2.45. The van der Waals surface area contributed by atoms with Gasteiger partial charge in [-0.15, -0.1) is 0 Å². The second kappa shape index (κ2) is 11.2. The number of aliphatic hydroxyl groups excluding tert-OH is 1. The van der Waals surface area contributed by atoms with Crippen LogP contribution in [0.3, 0.4) is 0 Å². The van der Waals surface area contributed by atoms with Crippen LogP contribution in [0.2, 0.25) is 0 Å². The number of aliphatic hydroxyl groups is 1. The summed E-state index contributed by atoms with van der Waals surface area (Å²) < 4.78 is 5.19. The van der Waals surface area contributed by atoms with Crippen LogP contribution in [0.15, 0.2) is 0 Å². The van der Waals surface area contributed by atoms with Crippen LogP contribution in [0.4, 0.5) is 4.79 Å². The van der Waals surface area contributed by atoms with Crippen molar-refractivity contribution in [2.24, 2.45) is 5.92 Å². The molecule has 7 heteroatoms. The van der Waals surface area contributed by atoms with Crippen molar-refractivity contribution in [1.29, 1.82) is 0 Å². The molecule has 0 heterocycles. The van der Waals surface area contributed by atoms with Gasteiger partial charge in [0.25, 0.3) is 5.91 Å². The molecule has 0 aliphatic rings. The second-order valence-electron chi connectivity index (χ2n) is 8.03. The van der Waals surface area contributed by atoms with Crippen LogP contribution in [0.5, 0.6) is 0 Å². The Morgan fingerprint density at radius 3 is 2.08 bits per heavy atom. The molecule has 0 saturated heterocycles. The molecule has 0 spiro atoms. The lowest BCUT2D eigenvalue weighted by atomic mass is 9.97. The highest BCUT2D eigenvalue weighted by Gasteiger charge is 2.33. The smallest absolute Gasteiger partial charge is 0.407 e. The third kappa shape index (κ3) is 9.75.